The lowest BCUT2D eigenvalue weighted by atomic mass is 10.0. The smallest absolute Gasteiger partial charge is 0.0991 e. The Morgan fingerprint density at radius 2 is 1.65 bits per heavy atom. The van der Waals surface area contributed by atoms with Crippen molar-refractivity contribution in [1.29, 1.82) is 5.26 Å². The molecule has 0 aromatic heterocycles. The maximum absolute atomic E-state index is 8.94. The predicted octanol–water partition coefficient (Wildman–Crippen LogP) is 3.81. The van der Waals surface area contributed by atoms with Gasteiger partial charge in [0.05, 0.1) is 11.6 Å². The van der Waals surface area contributed by atoms with E-state index in [-0.39, 0.29) is 0 Å². The Balaban J connectivity index is 2.09. The standard InChI is InChI=1S/C18H20N2/c1-14-6-4-7-15(2)18(14)13-20(3)12-17-9-5-8-16(10-17)11-19/h4-10H,12-13H2,1-3H3. The number of benzene rings is 2. The van der Waals surface area contributed by atoms with Gasteiger partial charge in [-0.2, -0.15) is 5.26 Å². The van der Waals surface area contributed by atoms with Crippen LogP contribution in [0, 0.1) is 25.2 Å². The highest BCUT2D eigenvalue weighted by atomic mass is 15.1. The van der Waals surface area contributed by atoms with Crippen LogP contribution in [0.25, 0.3) is 0 Å². The molecule has 0 fully saturated rings. The first kappa shape index (κ1) is 14.3. The summed E-state index contributed by atoms with van der Waals surface area (Å²) in [4.78, 5) is 2.28. The summed E-state index contributed by atoms with van der Waals surface area (Å²) in [6.07, 6.45) is 0. The highest BCUT2D eigenvalue weighted by Gasteiger charge is 2.07. The summed E-state index contributed by atoms with van der Waals surface area (Å²) in [6, 6.07) is 16.4. The van der Waals surface area contributed by atoms with E-state index in [4.69, 9.17) is 5.26 Å². The summed E-state index contributed by atoms with van der Waals surface area (Å²) in [7, 11) is 2.12. The van der Waals surface area contributed by atoms with Crippen LogP contribution in [0.2, 0.25) is 0 Å². The minimum atomic E-state index is 0.725. The number of rotatable bonds is 4. The van der Waals surface area contributed by atoms with E-state index in [1.54, 1.807) is 0 Å². The van der Waals surface area contributed by atoms with E-state index in [0.717, 1.165) is 18.7 Å². The zero-order chi connectivity index (χ0) is 14.5. The molecule has 2 rings (SSSR count). The molecule has 102 valence electrons. The van der Waals surface area contributed by atoms with Crippen molar-refractivity contribution in [3.8, 4) is 6.07 Å². The normalized spacial score (nSPS) is 10.6. The molecule has 0 aliphatic heterocycles. The molecular formula is C18H20N2. The molecule has 0 saturated carbocycles. The number of nitrogens with zero attached hydrogens (tertiary/aromatic N) is 2. The van der Waals surface area contributed by atoms with Gasteiger partial charge in [-0.25, -0.2) is 0 Å². The minimum absolute atomic E-state index is 0.725. The van der Waals surface area contributed by atoms with Crippen LogP contribution in [-0.4, -0.2) is 11.9 Å². The van der Waals surface area contributed by atoms with Crippen molar-refractivity contribution in [3.05, 3.63) is 70.3 Å². The Bertz CT molecular complexity index is 618. The van der Waals surface area contributed by atoms with Gasteiger partial charge in [0.1, 0.15) is 0 Å². The molecule has 2 nitrogen and oxygen atoms in total. The molecule has 0 saturated heterocycles. The Morgan fingerprint density at radius 1 is 1.00 bits per heavy atom. The lowest BCUT2D eigenvalue weighted by Crippen LogP contribution is -2.18. The molecule has 0 bridgehead atoms. The largest absolute Gasteiger partial charge is 0.298 e. The van der Waals surface area contributed by atoms with Crippen LogP contribution in [0.3, 0.4) is 0 Å². The molecule has 0 unspecified atom stereocenters. The maximum Gasteiger partial charge on any atom is 0.0991 e. The van der Waals surface area contributed by atoms with E-state index >= 15 is 0 Å². The van der Waals surface area contributed by atoms with Crippen molar-refractivity contribution in [3.63, 3.8) is 0 Å². The molecule has 0 aliphatic carbocycles. The Labute approximate surface area is 121 Å². The number of nitriles is 1. The van der Waals surface area contributed by atoms with E-state index in [0.29, 0.717) is 0 Å². The van der Waals surface area contributed by atoms with Crippen molar-refractivity contribution in [1.82, 2.24) is 4.90 Å². The minimum Gasteiger partial charge on any atom is -0.298 e. The summed E-state index contributed by atoms with van der Waals surface area (Å²) in [5, 5.41) is 8.94. The SMILES string of the molecule is Cc1cccc(C)c1CN(C)Cc1cccc(C#N)c1. The highest BCUT2D eigenvalue weighted by Crippen LogP contribution is 2.16. The van der Waals surface area contributed by atoms with Gasteiger partial charge in [0.2, 0.25) is 0 Å². The summed E-state index contributed by atoms with van der Waals surface area (Å²) < 4.78 is 0. The third-order valence-corrected chi connectivity index (χ3v) is 3.58. The van der Waals surface area contributed by atoms with Gasteiger partial charge in [-0.3, -0.25) is 4.90 Å². The van der Waals surface area contributed by atoms with Crippen molar-refractivity contribution in [2.75, 3.05) is 7.05 Å². The average Bonchev–Trinajstić information content (AvgIpc) is 2.43. The van der Waals surface area contributed by atoms with Gasteiger partial charge in [-0.05, 0) is 55.3 Å². The van der Waals surface area contributed by atoms with Crippen LogP contribution in [-0.2, 0) is 13.1 Å². The van der Waals surface area contributed by atoms with E-state index in [1.807, 2.05) is 18.2 Å². The van der Waals surface area contributed by atoms with E-state index in [9.17, 15) is 0 Å². The van der Waals surface area contributed by atoms with E-state index < -0.39 is 0 Å². The van der Waals surface area contributed by atoms with E-state index in [2.05, 4.69) is 56.1 Å². The summed E-state index contributed by atoms with van der Waals surface area (Å²) in [6.45, 7) is 6.09. The molecule has 0 heterocycles. The second-order valence-corrected chi connectivity index (χ2v) is 5.35. The first-order valence-corrected chi connectivity index (χ1v) is 6.83. The maximum atomic E-state index is 8.94. The third-order valence-electron chi connectivity index (χ3n) is 3.58. The fourth-order valence-corrected chi connectivity index (χ4v) is 2.48. The van der Waals surface area contributed by atoms with Crippen molar-refractivity contribution < 1.29 is 0 Å². The molecule has 0 radical (unpaired) electrons. The third kappa shape index (κ3) is 3.46. The molecule has 2 heteroatoms. The molecule has 0 spiro atoms. The molecule has 0 aliphatic rings. The van der Waals surface area contributed by atoms with Gasteiger partial charge in [0, 0.05) is 13.1 Å². The zero-order valence-electron chi connectivity index (χ0n) is 12.4. The second-order valence-electron chi connectivity index (χ2n) is 5.35. The van der Waals surface area contributed by atoms with Gasteiger partial charge in [-0.1, -0.05) is 30.3 Å². The van der Waals surface area contributed by atoms with Crippen LogP contribution < -0.4 is 0 Å². The zero-order valence-corrected chi connectivity index (χ0v) is 12.4. The Hall–Kier alpha value is -2.11. The van der Waals surface area contributed by atoms with Crippen LogP contribution in [0.15, 0.2) is 42.5 Å². The van der Waals surface area contributed by atoms with Crippen molar-refractivity contribution >= 4 is 0 Å². The van der Waals surface area contributed by atoms with Gasteiger partial charge in [0.15, 0.2) is 0 Å². The quantitative estimate of drug-likeness (QED) is 0.839. The molecule has 0 amide bonds. The fraction of sp³-hybridized carbons (Fsp3) is 0.278. The van der Waals surface area contributed by atoms with Crippen LogP contribution >= 0.6 is 0 Å². The molecule has 0 atom stereocenters. The lowest BCUT2D eigenvalue weighted by molar-refractivity contribution is 0.317. The lowest BCUT2D eigenvalue weighted by Gasteiger charge is -2.19. The monoisotopic (exact) mass is 264 g/mol. The predicted molar refractivity (Wildman–Crippen MR) is 82.2 cm³/mol. The van der Waals surface area contributed by atoms with Gasteiger partial charge in [-0.15, -0.1) is 0 Å². The average molecular weight is 264 g/mol. The number of aryl methyl sites for hydroxylation is 2. The van der Waals surface area contributed by atoms with Crippen molar-refractivity contribution in [2.24, 2.45) is 0 Å². The Kier molecular flexibility index (Phi) is 4.55. The molecule has 2 aromatic carbocycles. The second kappa shape index (κ2) is 6.36. The van der Waals surface area contributed by atoms with Crippen LogP contribution in [0.1, 0.15) is 27.8 Å². The van der Waals surface area contributed by atoms with Gasteiger partial charge in [0.25, 0.3) is 0 Å². The molecular weight excluding hydrogens is 244 g/mol. The Morgan fingerprint density at radius 3 is 2.30 bits per heavy atom. The first-order valence-electron chi connectivity index (χ1n) is 6.83. The van der Waals surface area contributed by atoms with Crippen LogP contribution in [0.4, 0.5) is 0 Å². The van der Waals surface area contributed by atoms with E-state index in [1.165, 1.54) is 22.3 Å². The molecule has 2 aromatic rings. The van der Waals surface area contributed by atoms with Gasteiger partial charge >= 0.3 is 0 Å². The first-order chi connectivity index (χ1) is 9.60. The molecule has 20 heavy (non-hydrogen) atoms. The summed E-state index contributed by atoms with van der Waals surface area (Å²) in [5.74, 6) is 0. The van der Waals surface area contributed by atoms with Crippen LogP contribution in [0.5, 0.6) is 0 Å². The summed E-state index contributed by atoms with van der Waals surface area (Å²) >= 11 is 0. The van der Waals surface area contributed by atoms with Gasteiger partial charge < -0.3 is 0 Å². The number of hydrogen-bond acceptors (Lipinski definition) is 2. The van der Waals surface area contributed by atoms with Crippen molar-refractivity contribution in [2.45, 2.75) is 26.9 Å². The summed E-state index contributed by atoms with van der Waals surface area (Å²) in [5.41, 5.74) is 5.97. The molecule has 0 N–H and O–H groups in total. The highest BCUT2D eigenvalue weighted by molar-refractivity contribution is 5.34. The topological polar surface area (TPSA) is 27.0 Å². The number of hydrogen-bond donors (Lipinski definition) is 0. The fourth-order valence-electron chi connectivity index (χ4n) is 2.48.